The number of methoxy groups -OCH3 is 2. The Morgan fingerprint density at radius 1 is 0.903 bits per heavy atom. The molecule has 2 atom stereocenters. The molecule has 0 N–H and O–H groups in total. The van der Waals surface area contributed by atoms with Crippen molar-refractivity contribution in [3.63, 3.8) is 0 Å². The third kappa shape index (κ3) is 5.17. The number of carbonyl (C=O) groups is 1. The molecule has 6 nitrogen and oxygen atoms in total. The van der Waals surface area contributed by atoms with E-state index in [1.165, 1.54) is 49.7 Å². The van der Waals surface area contributed by atoms with Gasteiger partial charge in [0, 0.05) is 45.3 Å². The van der Waals surface area contributed by atoms with Crippen molar-refractivity contribution in [3.05, 3.63) is 23.3 Å². The molecule has 0 spiro atoms. The number of likely N-dealkylation sites (tertiary alicyclic amines) is 1. The highest BCUT2D eigenvalue weighted by atomic mass is 16.5. The fourth-order valence-corrected chi connectivity index (χ4v) is 5.76. The third-order valence-electron chi connectivity index (χ3n) is 7.62. The first-order valence-electron chi connectivity index (χ1n) is 12.0. The quantitative estimate of drug-likeness (QED) is 0.694. The predicted molar refractivity (Wildman–Crippen MR) is 123 cm³/mol. The summed E-state index contributed by atoms with van der Waals surface area (Å²) in [5, 5.41) is 0. The second-order valence-electron chi connectivity index (χ2n) is 9.53. The van der Waals surface area contributed by atoms with Gasteiger partial charge in [0.1, 0.15) is 0 Å². The van der Waals surface area contributed by atoms with Crippen LogP contribution in [0.2, 0.25) is 0 Å². The van der Waals surface area contributed by atoms with Crippen LogP contribution in [0.4, 0.5) is 0 Å². The molecule has 0 bridgehead atoms. The van der Waals surface area contributed by atoms with Crippen molar-refractivity contribution in [1.29, 1.82) is 0 Å². The number of hydrogen-bond acceptors (Lipinski definition) is 5. The molecule has 1 saturated carbocycles. The highest BCUT2D eigenvalue weighted by molar-refractivity contribution is 5.78. The average molecular weight is 430 g/mol. The first-order valence-corrected chi connectivity index (χ1v) is 12.0. The minimum Gasteiger partial charge on any atom is -0.493 e. The second kappa shape index (κ2) is 10.2. The van der Waals surface area contributed by atoms with Crippen LogP contribution in [0.1, 0.15) is 49.7 Å². The van der Waals surface area contributed by atoms with Crippen molar-refractivity contribution in [2.24, 2.45) is 5.92 Å². The lowest BCUT2D eigenvalue weighted by atomic mass is 9.78. The number of rotatable bonds is 6. The molecule has 0 unspecified atom stereocenters. The summed E-state index contributed by atoms with van der Waals surface area (Å²) < 4.78 is 10.9. The molecule has 172 valence electrons. The van der Waals surface area contributed by atoms with E-state index in [1.807, 2.05) is 0 Å². The van der Waals surface area contributed by atoms with Crippen molar-refractivity contribution >= 4 is 5.91 Å². The summed E-state index contributed by atoms with van der Waals surface area (Å²) in [5.74, 6) is 2.69. The zero-order valence-electron chi connectivity index (χ0n) is 19.6. The topological polar surface area (TPSA) is 45.2 Å². The number of ether oxygens (including phenoxy) is 2. The van der Waals surface area contributed by atoms with Crippen LogP contribution in [-0.2, 0) is 11.3 Å². The molecular formula is C25H39N3O3. The van der Waals surface area contributed by atoms with Crippen LogP contribution >= 0.6 is 0 Å². The number of piperazine rings is 1. The standard InChI is InChI=1S/C25H39N3O3/c1-19-15-23(30-2)24(31-3)16-21(19)17-26-11-13-27(14-12-26)18-25(29)28-10-6-8-20-7-4-5-9-22(20)28/h15-16,20,22H,4-14,17-18H2,1-3H3/t20-,22+/m0/s1. The molecule has 3 aliphatic rings. The summed E-state index contributed by atoms with van der Waals surface area (Å²) in [6.45, 7) is 8.50. The Labute approximate surface area is 187 Å². The van der Waals surface area contributed by atoms with Gasteiger partial charge in [-0.05, 0) is 61.8 Å². The maximum atomic E-state index is 13.1. The van der Waals surface area contributed by atoms with E-state index in [0.29, 0.717) is 18.5 Å². The molecule has 0 aromatic heterocycles. The van der Waals surface area contributed by atoms with E-state index < -0.39 is 0 Å². The summed E-state index contributed by atoms with van der Waals surface area (Å²) in [5.41, 5.74) is 2.50. The molecular weight excluding hydrogens is 390 g/mol. The van der Waals surface area contributed by atoms with E-state index in [2.05, 4.69) is 33.8 Å². The minimum atomic E-state index is 0.362. The highest BCUT2D eigenvalue weighted by Crippen LogP contribution is 2.35. The summed E-state index contributed by atoms with van der Waals surface area (Å²) in [4.78, 5) is 20.2. The van der Waals surface area contributed by atoms with E-state index in [-0.39, 0.29) is 0 Å². The van der Waals surface area contributed by atoms with Crippen LogP contribution in [-0.4, -0.2) is 80.1 Å². The molecule has 6 heteroatoms. The number of nitrogens with zero attached hydrogens (tertiary/aromatic N) is 3. The number of fused-ring (bicyclic) bond motifs is 1. The van der Waals surface area contributed by atoms with Gasteiger partial charge in [0.15, 0.2) is 11.5 Å². The lowest BCUT2D eigenvalue weighted by Gasteiger charge is -2.45. The van der Waals surface area contributed by atoms with Crippen LogP contribution < -0.4 is 9.47 Å². The predicted octanol–water partition coefficient (Wildman–Crippen LogP) is 3.31. The van der Waals surface area contributed by atoms with Gasteiger partial charge in [-0.2, -0.15) is 0 Å². The number of benzene rings is 1. The molecule has 1 aliphatic carbocycles. The maximum Gasteiger partial charge on any atom is 0.237 e. The Bertz CT molecular complexity index is 759. The van der Waals surface area contributed by atoms with Gasteiger partial charge in [-0.15, -0.1) is 0 Å². The van der Waals surface area contributed by atoms with Gasteiger partial charge in [-0.25, -0.2) is 0 Å². The molecule has 4 rings (SSSR count). The molecule has 1 aromatic carbocycles. The Balaban J connectivity index is 1.28. The minimum absolute atomic E-state index is 0.362. The Kier molecular flexibility index (Phi) is 7.39. The SMILES string of the molecule is COc1cc(C)c(CN2CCN(CC(=O)N3CCC[C@@H]4CCCC[C@H]43)CC2)cc1OC. The van der Waals surface area contributed by atoms with Gasteiger partial charge in [0.2, 0.25) is 5.91 Å². The molecule has 0 radical (unpaired) electrons. The van der Waals surface area contributed by atoms with Crippen molar-refractivity contribution in [2.45, 2.75) is 58.0 Å². The van der Waals surface area contributed by atoms with E-state index in [4.69, 9.17) is 9.47 Å². The van der Waals surface area contributed by atoms with Crippen molar-refractivity contribution in [1.82, 2.24) is 14.7 Å². The van der Waals surface area contributed by atoms with Gasteiger partial charge in [-0.1, -0.05) is 12.8 Å². The van der Waals surface area contributed by atoms with Crippen molar-refractivity contribution in [2.75, 3.05) is 53.5 Å². The van der Waals surface area contributed by atoms with Crippen LogP contribution in [0.5, 0.6) is 11.5 Å². The number of amides is 1. The molecule has 1 amide bonds. The first-order chi connectivity index (χ1) is 15.1. The summed E-state index contributed by atoms with van der Waals surface area (Å²) in [7, 11) is 3.36. The molecule has 3 fully saturated rings. The Hall–Kier alpha value is -1.79. The normalized spacial score (nSPS) is 25.2. The second-order valence-corrected chi connectivity index (χ2v) is 9.53. The number of piperidine rings is 1. The largest absolute Gasteiger partial charge is 0.493 e. The lowest BCUT2D eigenvalue weighted by molar-refractivity contribution is -0.139. The Morgan fingerprint density at radius 3 is 2.29 bits per heavy atom. The molecule has 31 heavy (non-hydrogen) atoms. The monoisotopic (exact) mass is 429 g/mol. The molecule has 2 saturated heterocycles. The summed E-state index contributed by atoms with van der Waals surface area (Å²) in [6, 6.07) is 4.67. The number of carbonyl (C=O) groups excluding carboxylic acids is 1. The fraction of sp³-hybridized carbons (Fsp3) is 0.720. The number of hydrogen-bond donors (Lipinski definition) is 0. The van der Waals surface area contributed by atoms with Crippen molar-refractivity contribution < 1.29 is 14.3 Å². The smallest absolute Gasteiger partial charge is 0.237 e. The fourth-order valence-electron chi connectivity index (χ4n) is 5.76. The average Bonchev–Trinajstić information content (AvgIpc) is 2.80. The number of aryl methyl sites for hydroxylation is 1. The molecule has 2 aliphatic heterocycles. The van der Waals surface area contributed by atoms with Crippen molar-refractivity contribution in [3.8, 4) is 11.5 Å². The van der Waals surface area contributed by atoms with Crippen LogP contribution in [0.15, 0.2) is 12.1 Å². The van der Waals surface area contributed by atoms with E-state index in [9.17, 15) is 4.79 Å². The Morgan fingerprint density at radius 2 is 1.55 bits per heavy atom. The van der Waals surface area contributed by atoms with Gasteiger partial charge in [-0.3, -0.25) is 14.6 Å². The highest BCUT2D eigenvalue weighted by Gasteiger charge is 2.36. The van der Waals surface area contributed by atoms with Gasteiger partial charge >= 0.3 is 0 Å². The zero-order valence-corrected chi connectivity index (χ0v) is 19.6. The van der Waals surface area contributed by atoms with Gasteiger partial charge in [0.05, 0.1) is 20.8 Å². The maximum absolute atomic E-state index is 13.1. The molecule has 1 aromatic rings. The summed E-state index contributed by atoms with van der Waals surface area (Å²) >= 11 is 0. The third-order valence-corrected chi connectivity index (χ3v) is 7.62. The van der Waals surface area contributed by atoms with Crippen LogP contribution in [0.3, 0.4) is 0 Å². The first kappa shape index (κ1) is 22.4. The van der Waals surface area contributed by atoms with Crippen LogP contribution in [0, 0.1) is 12.8 Å². The zero-order chi connectivity index (χ0) is 21.8. The summed E-state index contributed by atoms with van der Waals surface area (Å²) in [6.07, 6.45) is 7.69. The van der Waals surface area contributed by atoms with Gasteiger partial charge < -0.3 is 14.4 Å². The lowest BCUT2D eigenvalue weighted by Crippen LogP contribution is -2.54. The van der Waals surface area contributed by atoms with E-state index in [1.54, 1.807) is 14.2 Å². The van der Waals surface area contributed by atoms with E-state index >= 15 is 0 Å². The van der Waals surface area contributed by atoms with E-state index in [0.717, 1.165) is 56.7 Å². The van der Waals surface area contributed by atoms with Gasteiger partial charge in [0.25, 0.3) is 0 Å². The molecule has 2 heterocycles. The van der Waals surface area contributed by atoms with Crippen LogP contribution in [0.25, 0.3) is 0 Å².